The fourth-order valence-electron chi connectivity index (χ4n) is 2.66. The quantitative estimate of drug-likeness (QED) is 0.671. The Hall–Kier alpha value is -1.97. The topological polar surface area (TPSA) is 25.2 Å². The van der Waals surface area contributed by atoms with Crippen molar-refractivity contribution in [2.45, 2.75) is 6.54 Å². The second-order valence-electron chi connectivity index (χ2n) is 5.55. The molecule has 1 heterocycles. The van der Waals surface area contributed by atoms with E-state index in [0.29, 0.717) is 22.3 Å². The SMILES string of the molecule is CN(Cc1ccc(Cl)cc1)C(=O)c1cc2c(Cl)cccc2n1C. The lowest BCUT2D eigenvalue weighted by Gasteiger charge is -2.17. The van der Waals surface area contributed by atoms with Gasteiger partial charge in [0.05, 0.1) is 0 Å². The van der Waals surface area contributed by atoms with Crippen LogP contribution in [0.1, 0.15) is 16.1 Å². The van der Waals surface area contributed by atoms with Gasteiger partial charge in [-0.1, -0.05) is 41.4 Å². The predicted molar refractivity (Wildman–Crippen MR) is 95.2 cm³/mol. The zero-order valence-electron chi connectivity index (χ0n) is 12.9. The average Bonchev–Trinajstić information content (AvgIpc) is 2.87. The van der Waals surface area contributed by atoms with Gasteiger partial charge in [-0.2, -0.15) is 0 Å². The predicted octanol–water partition coefficient (Wildman–Crippen LogP) is 4.76. The van der Waals surface area contributed by atoms with E-state index in [-0.39, 0.29) is 5.91 Å². The standard InChI is InChI=1S/C18H16Cl2N2O/c1-21(11-12-6-8-13(19)9-7-12)18(23)17-10-14-15(20)4-3-5-16(14)22(17)2/h3-10H,11H2,1-2H3. The summed E-state index contributed by atoms with van der Waals surface area (Å²) in [6.45, 7) is 0.519. The molecule has 0 spiro atoms. The third-order valence-electron chi connectivity index (χ3n) is 3.93. The van der Waals surface area contributed by atoms with Gasteiger partial charge in [0.15, 0.2) is 0 Å². The van der Waals surface area contributed by atoms with Crippen LogP contribution in [0.5, 0.6) is 0 Å². The van der Waals surface area contributed by atoms with E-state index in [9.17, 15) is 4.79 Å². The van der Waals surface area contributed by atoms with Gasteiger partial charge < -0.3 is 9.47 Å². The van der Waals surface area contributed by atoms with E-state index in [4.69, 9.17) is 23.2 Å². The van der Waals surface area contributed by atoms with Gasteiger partial charge in [0, 0.05) is 41.6 Å². The van der Waals surface area contributed by atoms with E-state index in [1.54, 1.807) is 11.9 Å². The first-order chi connectivity index (χ1) is 11.0. The van der Waals surface area contributed by atoms with Gasteiger partial charge in [-0.3, -0.25) is 4.79 Å². The summed E-state index contributed by atoms with van der Waals surface area (Å²) in [7, 11) is 3.66. The second-order valence-corrected chi connectivity index (χ2v) is 6.39. The fraction of sp³-hybridized carbons (Fsp3) is 0.167. The number of nitrogens with zero attached hydrogens (tertiary/aromatic N) is 2. The molecule has 1 amide bonds. The summed E-state index contributed by atoms with van der Waals surface area (Å²) in [5, 5.41) is 2.23. The van der Waals surface area contributed by atoms with Crippen LogP contribution < -0.4 is 0 Å². The number of fused-ring (bicyclic) bond motifs is 1. The van der Waals surface area contributed by atoms with Crippen molar-refractivity contribution in [1.29, 1.82) is 0 Å². The van der Waals surface area contributed by atoms with Crippen LogP contribution in [-0.2, 0) is 13.6 Å². The van der Waals surface area contributed by atoms with E-state index in [0.717, 1.165) is 16.5 Å². The zero-order valence-corrected chi connectivity index (χ0v) is 14.4. The molecule has 0 N–H and O–H groups in total. The van der Waals surface area contributed by atoms with Gasteiger partial charge in [-0.25, -0.2) is 0 Å². The van der Waals surface area contributed by atoms with E-state index in [1.165, 1.54) is 0 Å². The van der Waals surface area contributed by atoms with Gasteiger partial charge >= 0.3 is 0 Å². The first-order valence-corrected chi connectivity index (χ1v) is 7.97. The highest BCUT2D eigenvalue weighted by Crippen LogP contribution is 2.27. The maximum atomic E-state index is 12.8. The molecule has 0 bridgehead atoms. The van der Waals surface area contributed by atoms with Crippen molar-refractivity contribution < 1.29 is 4.79 Å². The summed E-state index contributed by atoms with van der Waals surface area (Å²) in [5.41, 5.74) is 2.59. The summed E-state index contributed by atoms with van der Waals surface area (Å²) in [6, 6.07) is 15.0. The summed E-state index contributed by atoms with van der Waals surface area (Å²) >= 11 is 12.1. The lowest BCUT2D eigenvalue weighted by molar-refractivity contribution is 0.0776. The zero-order chi connectivity index (χ0) is 16.6. The maximum Gasteiger partial charge on any atom is 0.270 e. The number of hydrogen-bond acceptors (Lipinski definition) is 1. The van der Waals surface area contributed by atoms with Gasteiger partial charge in [-0.05, 0) is 35.9 Å². The number of halogens is 2. The minimum atomic E-state index is -0.0466. The lowest BCUT2D eigenvalue weighted by atomic mass is 10.2. The lowest BCUT2D eigenvalue weighted by Crippen LogP contribution is -2.27. The molecule has 5 heteroatoms. The highest BCUT2D eigenvalue weighted by Gasteiger charge is 2.18. The Bertz CT molecular complexity index is 869. The van der Waals surface area contributed by atoms with Crippen LogP contribution in [0.15, 0.2) is 48.5 Å². The molecule has 0 aliphatic carbocycles. The number of hydrogen-bond donors (Lipinski definition) is 0. The molecule has 0 saturated heterocycles. The largest absolute Gasteiger partial charge is 0.340 e. The molecule has 0 radical (unpaired) electrons. The third-order valence-corrected chi connectivity index (χ3v) is 4.51. The molecule has 118 valence electrons. The average molecular weight is 347 g/mol. The van der Waals surface area contributed by atoms with Crippen molar-refractivity contribution >= 4 is 40.0 Å². The molecular weight excluding hydrogens is 331 g/mol. The summed E-state index contributed by atoms with van der Waals surface area (Å²) < 4.78 is 1.88. The van der Waals surface area contributed by atoms with Crippen molar-refractivity contribution in [3.8, 4) is 0 Å². The van der Waals surface area contributed by atoms with E-state index < -0.39 is 0 Å². The van der Waals surface area contributed by atoms with Crippen LogP contribution in [-0.4, -0.2) is 22.4 Å². The van der Waals surface area contributed by atoms with Crippen LogP contribution in [0, 0.1) is 0 Å². The van der Waals surface area contributed by atoms with E-state index in [2.05, 4.69) is 0 Å². The Balaban J connectivity index is 1.89. The Morgan fingerprint density at radius 1 is 1.13 bits per heavy atom. The molecule has 3 rings (SSSR count). The number of carbonyl (C=O) groups is 1. The molecule has 0 aliphatic heterocycles. The van der Waals surface area contributed by atoms with Crippen LogP contribution in [0.4, 0.5) is 0 Å². The van der Waals surface area contributed by atoms with Crippen LogP contribution in [0.2, 0.25) is 10.0 Å². The molecule has 3 nitrogen and oxygen atoms in total. The molecular formula is C18H16Cl2N2O. The molecule has 0 aliphatic rings. The smallest absolute Gasteiger partial charge is 0.270 e. The number of carbonyl (C=O) groups excluding carboxylic acids is 1. The fourth-order valence-corrected chi connectivity index (χ4v) is 3.01. The molecule has 0 saturated carbocycles. The Morgan fingerprint density at radius 3 is 2.48 bits per heavy atom. The number of benzene rings is 2. The van der Waals surface area contributed by atoms with Crippen LogP contribution in [0.3, 0.4) is 0 Å². The van der Waals surface area contributed by atoms with Crippen molar-refractivity contribution in [2.24, 2.45) is 7.05 Å². The Labute approximate surface area is 145 Å². The summed E-state index contributed by atoms with van der Waals surface area (Å²) in [6.07, 6.45) is 0. The number of rotatable bonds is 3. The van der Waals surface area contributed by atoms with Gasteiger partial charge in [0.1, 0.15) is 5.69 Å². The Kier molecular flexibility index (Phi) is 4.33. The molecule has 0 fully saturated rings. The van der Waals surface area contributed by atoms with Crippen molar-refractivity contribution in [3.05, 3.63) is 69.8 Å². The Morgan fingerprint density at radius 2 is 1.83 bits per heavy atom. The first-order valence-electron chi connectivity index (χ1n) is 7.21. The van der Waals surface area contributed by atoms with Gasteiger partial charge in [0.2, 0.25) is 0 Å². The molecule has 1 aromatic heterocycles. The maximum absolute atomic E-state index is 12.8. The monoisotopic (exact) mass is 346 g/mol. The summed E-state index contributed by atoms with van der Waals surface area (Å²) in [4.78, 5) is 14.4. The second kappa shape index (κ2) is 6.26. The van der Waals surface area contributed by atoms with E-state index >= 15 is 0 Å². The summed E-state index contributed by atoms with van der Waals surface area (Å²) in [5.74, 6) is -0.0466. The normalized spacial score (nSPS) is 11.0. The molecule has 3 aromatic rings. The van der Waals surface area contributed by atoms with Crippen LogP contribution in [0.25, 0.3) is 10.9 Å². The molecule has 23 heavy (non-hydrogen) atoms. The number of aromatic nitrogens is 1. The minimum Gasteiger partial charge on any atom is -0.340 e. The molecule has 2 aromatic carbocycles. The van der Waals surface area contributed by atoms with Gasteiger partial charge in [-0.15, -0.1) is 0 Å². The molecule has 0 unspecified atom stereocenters. The molecule has 0 atom stereocenters. The third kappa shape index (κ3) is 3.07. The van der Waals surface area contributed by atoms with Crippen molar-refractivity contribution in [2.75, 3.05) is 7.05 Å². The van der Waals surface area contributed by atoms with Crippen molar-refractivity contribution in [1.82, 2.24) is 9.47 Å². The highest BCUT2D eigenvalue weighted by molar-refractivity contribution is 6.35. The van der Waals surface area contributed by atoms with Gasteiger partial charge in [0.25, 0.3) is 5.91 Å². The first kappa shape index (κ1) is 15.9. The van der Waals surface area contributed by atoms with Crippen LogP contribution >= 0.6 is 23.2 Å². The number of amides is 1. The minimum absolute atomic E-state index is 0.0466. The highest BCUT2D eigenvalue weighted by atomic mass is 35.5. The van der Waals surface area contributed by atoms with E-state index in [1.807, 2.05) is 60.1 Å². The van der Waals surface area contributed by atoms with Crippen molar-refractivity contribution in [3.63, 3.8) is 0 Å². The number of aryl methyl sites for hydroxylation is 1.